The van der Waals surface area contributed by atoms with E-state index >= 15 is 0 Å². The summed E-state index contributed by atoms with van der Waals surface area (Å²) in [6, 6.07) is 7.59. The lowest BCUT2D eigenvalue weighted by Gasteiger charge is -2.16. The highest BCUT2D eigenvalue weighted by atomic mass is 32.2. The SMILES string of the molecule is CCOc1ccccc1C(N)CSCC(O)CO. The van der Waals surface area contributed by atoms with Gasteiger partial charge in [0.25, 0.3) is 0 Å². The van der Waals surface area contributed by atoms with Gasteiger partial charge in [-0.3, -0.25) is 0 Å². The third kappa shape index (κ3) is 4.86. The van der Waals surface area contributed by atoms with Crippen molar-refractivity contribution in [2.45, 2.75) is 19.1 Å². The quantitative estimate of drug-likeness (QED) is 0.662. The first-order valence-electron chi connectivity index (χ1n) is 6.03. The zero-order chi connectivity index (χ0) is 13.4. The largest absolute Gasteiger partial charge is 0.494 e. The summed E-state index contributed by atoms with van der Waals surface area (Å²) >= 11 is 1.53. The predicted octanol–water partition coefficient (Wildman–Crippen LogP) is 1.17. The summed E-state index contributed by atoms with van der Waals surface area (Å²) in [4.78, 5) is 0. The Morgan fingerprint density at radius 1 is 1.33 bits per heavy atom. The molecule has 0 heterocycles. The Kier molecular flexibility index (Phi) is 7.12. The van der Waals surface area contributed by atoms with Gasteiger partial charge < -0.3 is 20.7 Å². The highest BCUT2D eigenvalue weighted by Crippen LogP contribution is 2.26. The van der Waals surface area contributed by atoms with Gasteiger partial charge in [-0.1, -0.05) is 18.2 Å². The van der Waals surface area contributed by atoms with Crippen LogP contribution in [0, 0.1) is 0 Å². The van der Waals surface area contributed by atoms with Crippen LogP contribution in [0.4, 0.5) is 0 Å². The molecule has 1 aromatic rings. The summed E-state index contributed by atoms with van der Waals surface area (Å²) < 4.78 is 5.53. The van der Waals surface area contributed by atoms with Gasteiger partial charge in [0, 0.05) is 23.1 Å². The van der Waals surface area contributed by atoms with E-state index in [2.05, 4.69) is 0 Å². The van der Waals surface area contributed by atoms with Crippen molar-refractivity contribution in [3.63, 3.8) is 0 Å². The molecule has 0 aliphatic heterocycles. The molecule has 0 bridgehead atoms. The van der Waals surface area contributed by atoms with Crippen molar-refractivity contribution < 1.29 is 14.9 Å². The van der Waals surface area contributed by atoms with Crippen LogP contribution >= 0.6 is 11.8 Å². The lowest BCUT2D eigenvalue weighted by atomic mass is 10.1. The Labute approximate surface area is 112 Å². The highest BCUT2D eigenvalue weighted by Gasteiger charge is 2.12. The lowest BCUT2D eigenvalue weighted by Crippen LogP contribution is -2.19. The summed E-state index contributed by atoms with van der Waals surface area (Å²) in [5.74, 6) is 1.98. The van der Waals surface area contributed by atoms with Crippen LogP contribution in [0.25, 0.3) is 0 Å². The minimum atomic E-state index is -0.677. The predicted molar refractivity (Wildman–Crippen MR) is 75.0 cm³/mol. The molecule has 1 aromatic carbocycles. The molecule has 0 aromatic heterocycles. The number of aliphatic hydroxyl groups is 2. The van der Waals surface area contributed by atoms with E-state index in [1.54, 1.807) is 0 Å². The number of benzene rings is 1. The number of para-hydroxylation sites is 1. The van der Waals surface area contributed by atoms with Crippen molar-refractivity contribution in [3.8, 4) is 5.75 Å². The minimum Gasteiger partial charge on any atom is -0.494 e. The number of hydrogen-bond donors (Lipinski definition) is 3. The van der Waals surface area contributed by atoms with Crippen LogP contribution < -0.4 is 10.5 Å². The standard InChI is InChI=1S/C13H21NO3S/c1-2-17-13-6-4-3-5-11(13)12(14)9-18-8-10(16)7-15/h3-6,10,12,15-16H,2,7-9,14H2,1H3. The maximum Gasteiger partial charge on any atom is 0.124 e. The van der Waals surface area contributed by atoms with Crippen molar-refractivity contribution in [2.24, 2.45) is 5.73 Å². The van der Waals surface area contributed by atoms with Crippen LogP contribution in [-0.4, -0.2) is 41.0 Å². The Balaban J connectivity index is 2.52. The van der Waals surface area contributed by atoms with Gasteiger partial charge in [-0.15, -0.1) is 0 Å². The van der Waals surface area contributed by atoms with E-state index in [0.29, 0.717) is 18.1 Å². The normalized spacial score (nSPS) is 14.2. The van der Waals surface area contributed by atoms with Crippen LogP contribution in [0.1, 0.15) is 18.5 Å². The molecule has 0 fully saturated rings. The van der Waals surface area contributed by atoms with Crippen LogP contribution in [0.2, 0.25) is 0 Å². The summed E-state index contributed by atoms with van der Waals surface area (Å²) in [5.41, 5.74) is 7.09. The molecule has 5 heteroatoms. The molecule has 18 heavy (non-hydrogen) atoms. The third-order valence-electron chi connectivity index (χ3n) is 2.44. The topological polar surface area (TPSA) is 75.7 Å². The Morgan fingerprint density at radius 2 is 2.06 bits per heavy atom. The number of thioether (sulfide) groups is 1. The van der Waals surface area contributed by atoms with E-state index in [1.165, 1.54) is 11.8 Å². The Bertz CT molecular complexity index is 349. The van der Waals surface area contributed by atoms with Crippen LogP contribution in [-0.2, 0) is 0 Å². The summed E-state index contributed by atoms with van der Waals surface area (Å²) in [6.07, 6.45) is -0.677. The van der Waals surface area contributed by atoms with Crippen molar-refractivity contribution in [3.05, 3.63) is 29.8 Å². The summed E-state index contributed by atoms with van der Waals surface area (Å²) in [7, 11) is 0. The number of rotatable bonds is 8. The zero-order valence-electron chi connectivity index (χ0n) is 10.6. The molecule has 2 atom stereocenters. The van der Waals surface area contributed by atoms with Crippen LogP contribution in [0.3, 0.4) is 0 Å². The van der Waals surface area contributed by atoms with Gasteiger partial charge in [0.05, 0.1) is 19.3 Å². The average Bonchev–Trinajstić information content (AvgIpc) is 2.39. The van der Waals surface area contributed by atoms with Crippen molar-refractivity contribution >= 4 is 11.8 Å². The first kappa shape index (κ1) is 15.3. The molecule has 0 saturated heterocycles. The fourth-order valence-electron chi connectivity index (χ4n) is 1.55. The van der Waals surface area contributed by atoms with Gasteiger partial charge in [0.1, 0.15) is 5.75 Å². The molecule has 0 aliphatic carbocycles. The van der Waals surface area contributed by atoms with E-state index in [0.717, 1.165) is 11.3 Å². The molecule has 0 saturated carbocycles. The Morgan fingerprint density at radius 3 is 2.72 bits per heavy atom. The van der Waals surface area contributed by atoms with E-state index in [9.17, 15) is 5.11 Å². The number of ether oxygens (including phenoxy) is 1. The fraction of sp³-hybridized carbons (Fsp3) is 0.538. The molecule has 4 N–H and O–H groups in total. The summed E-state index contributed by atoms with van der Waals surface area (Å²) in [6.45, 7) is 2.34. The molecule has 0 amide bonds. The highest BCUT2D eigenvalue weighted by molar-refractivity contribution is 7.99. The number of aliphatic hydroxyl groups excluding tert-OH is 2. The summed E-state index contributed by atoms with van der Waals surface area (Å²) in [5, 5.41) is 18.0. The van der Waals surface area contributed by atoms with E-state index in [4.69, 9.17) is 15.6 Å². The molecule has 2 unspecified atom stereocenters. The fourth-order valence-corrected chi connectivity index (χ4v) is 2.49. The number of hydrogen-bond acceptors (Lipinski definition) is 5. The van der Waals surface area contributed by atoms with Gasteiger partial charge in [-0.05, 0) is 13.0 Å². The maximum atomic E-state index is 9.24. The average molecular weight is 271 g/mol. The van der Waals surface area contributed by atoms with Crippen molar-refractivity contribution in [2.75, 3.05) is 24.7 Å². The van der Waals surface area contributed by atoms with E-state index in [-0.39, 0.29) is 12.6 Å². The molecular weight excluding hydrogens is 250 g/mol. The molecule has 1 rings (SSSR count). The van der Waals surface area contributed by atoms with Gasteiger partial charge in [-0.25, -0.2) is 0 Å². The van der Waals surface area contributed by atoms with Gasteiger partial charge in [0.2, 0.25) is 0 Å². The molecule has 4 nitrogen and oxygen atoms in total. The smallest absolute Gasteiger partial charge is 0.124 e. The number of nitrogens with two attached hydrogens (primary N) is 1. The second kappa shape index (κ2) is 8.37. The van der Waals surface area contributed by atoms with E-state index in [1.807, 2.05) is 31.2 Å². The Hall–Kier alpha value is -0.750. The second-order valence-corrected chi connectivity index (χ2v) is 5.03. The molecule has 102 valence electrons. The second-order valence-electron chi connectivity index (χ2n) is 3.95. The molecule has 0 aliphatic rings. The minimum absolute atomic E-state index is 0.136. The van der Waals surface area contributed by atoms with Crippen LogP contribution in [0.15, 0.2) is 24.3 Å². The van der Waals surface area contributed by atoms with Crippen molar-refractivity contribution in [1.29, 1.82) is 0 Å². The molecular formula is C13H21NO3S. The zero-order valence-corrected chi connectivity index (χ0v) is 11.4. The van der Waals surface area contributed by atoms with E-state index < -0.39 is 6.10 Å². The molecule has 0 radical (unpaired) electrons. The van der Waals surface area contributed by atoms with Gasteiger partial charge in [-0.2, -0.15) is 11.8 Å². The van der Waals surface area contributed by atoms with Crippen molar-refractivity contribution in [1.82, 2.24) is 0 Å². The lowest BCUT2D eigenvalue weighted by molar-refractivity contribution is 0.113. The van der Waals surface area contributed by atoms with Gasteiger partial charge in [0.15, 0.2) is 0 Å². The van der Waals surface area contributed by atoms with Crippen LogP contribution in [0.5, 0.6) is 5.75 Å². The molecule has 0 spiro atoms. The monoisotopic (exact) mass is 271 g/mol. The maximum absolute atomic E-state index is 9.24. The third-order valence-corrected chi connectivity index (χ3v) is 3.65. The first-order chi connectivity index (χ1) is 8.69. The van der Waals surface area contributed by atoms with Gasteiger partial charge >= 0.3 is 0 Å². The first-order valence-corrected chi connectivity index (χ1v) is 7.18.